The van der Waals surface area contributed by atoms with Crippen molar-refractivity contribution in [3.05, 3.63) is 34.5 Å². The monoisotopic (exact) mass is 303 g/mol. The van der Waals surface area contributed by atoms with Crippen LogP contribution >= 0.6 is 11.3 Å². The number of nitrogens with one attached hydrogen (secondary N) is 1. The quantitative estimate of drug-likeness (QED) is 0.918. The lowest BCUT2D eigenvalue weighted by Gasteiger charge is -2.32. The summed E-state index contributed by atoms with van der Waals surface area (Å²) >= 11 is 1.81. The van der Waals surface area contributed by atoms with Gasteiger partial charge >= 0.3 is 0 Å². The SMILES string of the molecule is CCc1ncc(CNC2CCN(c3ncccn3)CC2)s1. The van der Waals surface area contributed by atoms with Crippen LogP contribution in [-0.4, -0.2) is 34.1 Å². The second-order valence-corrected chi connectivity index (χ2v) is 6.46. The van der Waals surface area contributed by atoms with Crippen LogP contribution in [0.1, 0.15) is 29.7 Å². The summed E-state index contributed by atoms with van der Waals surface area (Å²) in [4.78, 5) is 16.6. The molecular weight excluding hydrogens is 282 g/mol. The van der Waals surface area contributed by atoms with E-state index in [4.69, 9.17) is 0 Å². The second-order valence-electron chi connectivity index (χ2n) is 5.26. The predicted molar refractivity (Wildman–Crippen MR) is 85.6 cm³/mol. The highest BCUT2D eigenvalue weighted by atomic mass is 32.1. The van der Waals surface area contributed by atoms with Gasteiger partial charge in [-0.1, -0.05) is 6.92 Å². The van der Waals surface area contributed by atoms with Crippen molar-refractivity contribution in [1.29, 1.82) is 0 Å². The van der Waals surface area contributed by atoms with E-state index in [-0.39, 0.29) is 0 Å². The molecule has 1 saturated heterocycles. The van der Waals surface area contributed by atoms with Gasteiger partial charge in [-0.2, -0.15) is 0 Å². The van der Waals surface area contributed by atoms with Crippen LogP contribution in [0.5, 0.6) is 0 Å². The highest BCUT2D eigenvalue weighted by Gasteiger charge is 2.20. The predicted octanol–water partition coefficient (Wildman–Crippen LogP) is 2.25. The summed E-state index contributed by atoms with van der Waals surface area (Å²) < 4.78 is 0. The maximum absolute atomic E-state index is 4.40. The molecule has 1 aliphatic heterocycles. The van der Waals surface area contributed by atoms with E-state index < -0.39 is 0 Å². The van der Waals surface area contributed by atoms with Crippen LogP contribution in [0.3, 0.4) is 0 Å². The highest BCUT2D eigenvalue weighted by Crippen LogP contribution is 2.17. The summed E-state index contributed by atoms with van der Waals surface area (Å²) in [5, 5.41) is 4.88. The molecule has 0 aliphatic carbocycles. The van der Waals surface area contributed by atoms with Gasteiger partial charge in [0.1, 0.15) is 0 Å². The molecule has 1 aliphatic rings. The maximum atomic E-state index is 4.40. The van der Waals surface area contributed by atoms with Crippen LogP contribution < -0.4 is 10.2 Å². The van der Waals surface area contributed by atoms with Gasteiger partial charge in [0.2, 0.25) is 5.95 Å². The van der Waals surface area contributed by atoms with E-state index in [0.717, 1.165) is 44.8 Å². The van der Waals surface area contributed by atoms with E-state index >= 15 is 0 Å². The summed E-state index contributed by atoms with van der Waals surface area (Å²) in [6.45, 7) is 5.12. The minimum atomic E-state index is 0.581. The Morgan fingerprint density at radius 2 is 2.00 bits per heavy atom. The van der Waals surface area contributed by atoms with Crippen molar-refractivity contribution < 1.29 is 0 Å². The molecule has 1 fully saturated rings. The van der Waals surface area contributed by atoms with E-state index in [9.17, 15) is 0 Å². The molecule has 0 bridgehead atoms. The fourth-order valence-electron chi connectivity index (χ4n) is 2.58. The molecule has 3 rings (SSSR count). The molecule has 0 unspecified atom stereocenters. The van der Waals surface area contributed by atoms with Crippen LogP contribution in [0.2, 0.25) is 0 Å². The average Bonchev–Trinajstić information content (AvgIpc) is 3.02. The first-order valence-electron chi connectivity index (χ1n) is 7.54. The Hall–Kier alpha value is -1.53. The number of aromatic nitrogens is 3. The van der Waals surface area contributed by atoms with Gasteiger partial charge in [0, 0.05) is 49.1 Å². The first-order valence-corrected chi connectivity index (χ1v) is 8.35. The Labute approximate surface area is 129 Å². The zero-order chi connectivity index (χ0) is 14.5. The van der Waals surface area contributed by atoms with E-state index in [1.165, 1.54) is 9.88 Å². The topological polar surface area (TPSA) is 53.9 Å². The number of hydrogen-bond donors (Lipinski definition) is 1. The Kier molecular flexibility index (Phi) is 4.77. The third-order valence-electron chi connectivity index (χ3n) is 3.80. The van der Waals surface area contributed by atoms with Crippen LogP contribution in [0.15, 0.2) is 24.7 Å². The second kappa shape index (κ2) is 6.95. The van der Waals surface area contributed by atoms with E-state index in [1.807, 2.05) is 36.0 Å². The molecule has 0 spiro atoms. The molecule has 3 heterocycles. The third-order valence-corrected chi connectivity index (χ3v) is 4.94. The van der Waals surface area contributed by atoms with Gasteiger partial charge in [-0.25, -0.2) is 15.0 Å². The molecular formula is C15H21N5S. The first-order chi connectivity index (χ1) is 10.3. The molecule has 0 radical (unpaired) electrons. The van der Waals surface area contributed by atoms with Gasteiger partial charge in [-0.05, 0) is 25.3 Å². The zero-order valence-corrected chi connectivity index (χ0v) is 13.1. The molecule has 1 N–H and O–H groups in total. The lowest BCUT2D eigenvalue weighted by atomic mass is 10.1. The number of nitrogens with zero attached hydrogens (tertiary/aromatic N) is 4. The van der Waals surface area contributed by atoms with Crippen LogP contribution in [0.25, 0.3) is 0 Å². The van der Waals surface area contributed by atoms with E-state index in [1.54, 1.807) is 0 Å². The Morgan fingerprint density at radius 3 is 2.67 bits per heavy atom. The fourth-order valence-corrected chi connectivity index (χ4v) is 3.39. The lowest BCUT2D eigenvalue weighted by molar-refractivity contribution is 0.412. The number of hydrogen-bond acceptors (Lipinski definition) is 6. The summed E-state index contributed by atoms with van der Waals surface area (Å²) in [7, 11) is 0. The van der Waals surface area contributed by atoms with E-state index in [0.29, 0.717) is 6.04 Å². The number of anilines is 1. The van der Waals surface area contributed by atoms with Crippen molar-refractivity contribution in [1.82, 2.24) is 20.3 Å². The third kappa shape index (κ3) is 3.77. The van der Waals surface area contributed by atoms with Crippen molar-refractivity contribution in [3.63, 3.8) is 0 Å². The largest absolute Gasteiger partial charge is 0.341 e. The van der Waals surface area contributed by atoms with Crippen molar-refractivity contribution in [3.8, 4) is 0 Å². The summed E-state index contributed by atoms with van der Waals surface area (Å²) in [6, 6.07) is 2.44. The molecule has 0 saturated carbocycles. The van der Waals surface area contributed by atoms with Gasteiger partial charge in [0.05, 0.1) is 5.01 Å². The summed E-state index contributed by atoms with van der Waals surface area (Å²) in [6.07, 6.45) is 8.92. The number of aryl methyl sites for hydroxylation is 1. The minimum Gasteiger partial charge on any atom is -0.341 e. The van der Waals surface area contributed by atoms with Crippen molar-refractivity contribution in [2.24, 2.45) is 0 Å². The van der Waals surface area contributed by atoms with Gasteiger partial charge in [0.25, 0.3) is 0 Å². The molecule has 0 atom stereocenters. The van der Waals surface area contributed by atoms with Crippen molar-refractivity contribution in [2.45, 2.75) is 38.8 Å². The molecule has 5 nitrogen and oxygen atoms in total. The number of rotatable bonds is 5. The van der Waals surface area contributed by atoms with Gasteiger partial charge in [-0.15, -0.1) is 11.3 Å². The molecule has 0 aromatic carbocycles. The first kappa shape index (κ1) is 14.4. The standard InChI is InChI=1S/C15H21N5S/c1-2-14-19-11-13(21-14)10-18-12-4-8-20(9-5-12)15-16-6-3-7-17-15/h3,6-7,11-12,18H,2,4-5,8-10H2,1H3. The molecule has 6 heteroatoms. The molecule has 112 valence electrons. The van der Waals surface area contributed by atoms with Crippen molar-refractivity contribution in [2.75, 3.05) is 18.0 Å². The Morgan fingerprint density at radius 1 is 1.24 bits per heavy atom. The van der Waals surface area contributed by atoms with Crippen LogP contribution in [-0.2, 0) is 13.0 Å². The van der Waals surface area contributed by atoms with E-state index in [2.05, 4.69) is 32.1 Å². The normalized spacial score (nSPS) is 16.3. The van der Waals surface area contributed by atoms with Crippen LogP contribution in [0.4, 0.5) is 5.95 Å². The summed E-state index contributed by atoms with van der Waals surface area (Å²) in [5.41, 5.74) is 0. The fraction of sp³-hybridized carbons (Fsp3) is 0.533. The number of piperidine rings is 1. The van der Waals surface area contributed by atoms with Gasteiger partial charge < -0.3 is 10.2 Å². The van der Waals surface area contributed by atoms with Gasteiger partial charge in [0.15, 0.2) is 0 Å². The maximum Gasteiger partial charge on any atom is 0.225 e. The molecule has 2 aromatic heterocycles. The average molecular weight is 303 g/mol. The smallest absolute Gasteiger partial charge is 0.225 e. The zero-order valence-electron chi connectivity index (χ0n) is 12.3. The molecule has 2 aromatic rings. The van der Waals surface area contributed by atoms with Gasteiger partial charge in [-0.3, -0.25) is 0 Å². The Bertz CT molecular complexity index is 548. The molecule has 21 heavy (non-hydrogen) atoms. The minimum absolute atomic E-state index is 0.581. The summed E-state index contributed by atoms with van der Waals surface area (Å²) in [5.74, 6) is 0.853. The molecule has 0 amide bonds. The highest BCUT2D eigenvalue weighted by molar-refractivity contribution is 7.11. The lowest BCUT2D eigenvalue weighted by Crippen LogP contribution is -2.42. The number of thiazole rings is 1. The van der Waals surface area contributed by atoms with Crippen molar-refractivity contribution >= 4 is 17.3 Å². The van der Waals surface area contributed by atoms with Crippen LogP contribution in [0, 0.1) is 0 Å². The Balaban J connectivity index is 1.45.